The number of thioether (sulfide) groups is 3. The van der Waals surface area contributed by atoms with Gasteiger partial charge in [-0.3, -0.25) is 10.2 Å². The van der Waals surface area contributed by atoms with Crippen LogP contribution in [0.1, 0.15) is 17.1 Å². The summed E-state index contributed by atoms with van der Waals surface area (Å²) in [5, 5.41) is 15.5. The van der Waals surface area contributed by atoms with E-state index < -0.39 is 5.91 Å². The Labute approximate surface area is 196 Å². The highest BCUT2D eigenvalue weighted by Gasteiger charge is 2.36. The van der Waals surface area contributed by atoms with E-state index in [0.717, 1.165) is 15.9 Å². The molecular formula is C22H16N4O3S3. The highest BCUT2D eigenvalue weighted by molar-refractivity contribution is 8.45. The van der Waals surface area contributed by atoms with Crippen molar-refractivity contribution in [3.8, 4) is 0 Å². The van der Waals surface area contributed by atoms with E-state index in [1.165, 1.54) is 40.2 Å². The maximum absolute atomic E-state index is 12.6. The molecule has 2 aliphatic heterocycles. The second kappa shape index (κ2) is 9.27. The van der Waals surface area contributed by atoms with Crippen molar-refractivity contribution in [3.63, 3.8) is 0 Å². The van der Waals surface area contributed by atoms with Gasteiger partial charge in [-0.1, -0.05) is 53.9 Å². The van der Waals surface area contributed by atoms with Gasteiger partial charge in [0.05, 0.1) is 17.6 Å². The minimum Gasteiger partial charge on any atom is -0.468 e. The lowest BCUT2D eigenvalue weighted by atomic mass is 10.1. The fraction of sp³-hybridized carbons (Fsp3) is 0.0909. The Morgan fingerprint density at radius 1 is 1.06 bits per heavy atom. The van der Waals surface area contributed by atoms with Gasteiger partial charge in [0.15, 0.2) is 15.3 Å². The third kappa shape index (κ3) is 4.62. The SMILES string of the molecule is N=C1/C(=C\c2ccc(SCc3ccco3)o2)C(=O)N=C2SC(SCc3ccccc3)=NN12. The van der Waals surface area contributed by atoms with Crippen LogP contribution in [0.15, 0.2) is 90.5 Å². The van der Waals surface area contributed by atoms with Crippen LogP contribution in [-0.4, -0.2) is 26.3 Å². The number of carbonyl (C=O) groups excluding carboxylic acids is 1. The van der Waals surface area contributed by atoms with E-state index in [2.05, 4.69) is 22.2 Å². The number of amides is 1. The lowest BCUT2D eigenvalue weighted by Crippen LogP contribution is -2.35. The number of nitrogens with zero attached hydrogens (tertiary/aromatic N) is 3. The predicted molar refractivity (Wildman–Crippen MR) is 130 cm³/mol. The second-order valence-corrected chi connectivity index (χ2v) is 9.84. The molecule has 0 saturated carbocycles. The molecule has 10 heteroatoms. The van der Waals surface area contributed by atoms with Crippen LogP contribution in [0.4, 0.5) is 0 Å². The molecule has 0 radical (unpaired) electrons. The minimum atomic E-state index is -0.473. The van der Waals surface area contributed by atoms with Crippen LogP contribution in [0.3, 0.4) is 0 Å². The van der Waals surface area contributed by atoms with Crippen LogP contribution in [0.2, 0.25) is 0 Å². The first-order chi connectivity index (χ1) is 15.7. The molecule has 3 aromatic rings. The summed E-state index contributed by atoms with van der Waals surface area (Å²) in [4.78, 5) is 16.7. The largest absolute Gasteiger partial charge is 0.468 e. The monoisotopic (exact) mass is 480 g/mol. The van der Waals surface area contributed by atoms with Gasteiger partial charge in [-0.05, 0) is 47.7 Å². The zero-order valence-electron chi connectivity index (χ0n) is 16.6. The second-order valence-electron chi connectivity index (χ2n) is 6.69. The van der Waals surface area contributed by atoms with Crippen LogP contribution in [0.25, 0.3) is 6.08 Å². The van der Waals surface area contributed by atoms with Crippen molar-refractivity contribution in [2.75, 3.05) is 0 Å². The smallest absolute Gasteiger partial charge is 0.283 e. The van der Waals surface area contributed by atoms with E-state index in [-0.39, 0.29) is 11.4 Å². The standard InChI is InChI=1S/C22H16N4O3S3/c23-19-17(11-15-8-9-18(29-15)30-13-16-7-4-10-28-16)20(27)24-21-26(19)25-22(32-21)31-12-14-5-2-1-3-6-14/h1-11,23H,12-13H2/b17-11+,23-19?. The van der Waals surface area contributed by atoms with Crippen LogP contribution in [-0.2, 0) is 16.3 Å². The molecule has 32 heavy (non-hydrogen) atoms. The van der Waals surface area contributed by atoms with E-state index in [0.29, 0.717) is 21.8 Å². The number of fused-ring (bicyclic) bond motifs is 1. The maximum Gasteiger partial charge on any atom is 0.283 e. The molecule has 0 aliphatic carbocycles. The van der Waals surface area contributed by atoms with Crippen molar-refractivity contribution < 1.29 is 13.6 Å². The number of carbonyl (C=O) groups is 1. The van der Waals surface area contributed by atoms with Gasteiger partial charge < -0.3 is 8.83 Å². The fourth-order valence-electron chi connectivity index (χ4n) is 2.92. The van der Waals surface area contributed by atoms with Crippen molar-refractivity contribution >= 4 is 62.6 Å². The molecule has 5 rings (SSSR count). The van der Waals surface area contributed by atoms with Crippen LogP contribution >= 0.6 is 35.3 Å². The number of furan rings is 2. The molecule has 0 saturated heterocycles. The molecule has 160 valence electrons. The first kappa shape index (κ1) is 20.9. The summed E-state index contributed by atoms with van der Waals surface area (Å²) >= 11 is 4.34. The lowest BCUT2D eigenvalue weighted by Gasteiger charge is -2.19. The van der Waals surface area contributed by atoms with E-state index in [4.69, 9.17) is 14.2 Å². The highest BCUT2D eigenvalue weighted by Crippen LogP contribution is 2.34. The predicted octanol–water partition coefficient (Wildman–Crippen LogP) is 5.67. The molecule has 2 aromatic heterocycles. The van der Waals surface area contributed by atoms with Gasteiger partial charge >= 0.3 is 0 Å². The molecule has 0 atom stereocenters. The normalized spacial score (nSPS) is 17.0. The number of hydrogen-bond acceptors (Lipinski definition) is 8. The number of aliphatic imine (C=N–C) groups is 1. The first-order valence-electron chi connectivity index (χ1n) is 9.58. The van der Waals surface area contributed by atoms with Crippen molar-refractivity contribution in [2.24, 2.45) is 10.1 Å². The number of nitrogens with one attached hydrogen (secondary N) is 1. The number of hydrazone groups is 1. The third-order valence-corrected chi connectivity index (χ3v) is 7.51. The average Bonchev–Trinajstić information content (AvgIpc) is 3.55. The summed E-state index contributed by atoms with van der Waals surface area (Å²) in [5.41, 5.74) is 1.32. The van der Waals surface area contributed by atoms with Gasteiger partial charge in [0.1, 0.15) is 11.5 Å². The highest BCUT2D eigenvalue weighted by atomic mass is 32.2. The minimum absolute atomic E-state index is 0.0102. The van der Waals surface area contributed by atoms with E-state index >= 15 is 0 Å². The summed E-state index contributed by atoms with van der Waals surface area (Å²) in [6, 6.07) is 17.4. The molecule has 1 N–H and O–H groups in total. The zero-order chi connectivity index (χ0) is 21.9. The van der Waals surface area contributed by atoms with Gasteiger partial charge in [-0.2, -0.15) is 10.0 Å². The van der Waals surface area contributed by atoms with Crippen LogP contribution in [0, 0.1) is 5.41 Å². The van der Waals surface area contributed by atoms with Gasteiger partial charge in [-0.15, -0.1) is 5.10 Å². The summed E-state index contributed by atoms with van der Waals surface area (Å²) < 4.78 is 11.9. The Bertz CT molecular complexity index is 1250. The zero-order valence-corrected chi connectivity index (χ0v) is 19.0. The number of benzene rings is 1. The molecule has 0 unspecified atom stereocenters. The van der Waals surface area contributed by atoms with E-state index in [1.54, 1.807) is 24.1 Å². The first-order valence-corrected chi connectivity index (χ1v) is 12.4. The van der Waals surface area contributed by atoms with Crippen LogP contribution in [0.5, 0.6) is 0 Å². The Morgan fingerprint density at radius 2 is 1.94 bits per heavy atom. The molecule has 1 amide bonds. The molecule has 2 aliphatic rings. The molecule has 0 bridgehead atoms. The van der Waals surface area contributed by atoms with Gasteiger partial charge in [0.2, 0.25) is 5.17 Å². The van der Waals surface area contributed by atoms with Crippen molar-refractivity contribution in [1.82, 2.24) is 5.01 Å². The number of hydrogen-bond donors (Lipinski definition) is 1. The maximum atomic E-state index is 12.6. The Morgan fingerprint density at radius 3 is 2.75 bits per heavy atom. The fourth-order valence-corrected chi connectivity index (χ4v) is 5.57. The summed E-state index contributed by atoms with van der Waals surface area (Å²) in [6.45, 7) is 0. The third-order valence-electron chi connectivity index (χ3n) is 4.47. The average molecular weight is 481 g/mol. The van der Waals surface area contributed by atoms with E-state index in [1.807, 2.05) is 36.4 Å². The van der Waals surface area contributed by atoms with Gasteiger partial charge in [0, 0.05) is 5.75 Å². The molecule has 4 heterocycles. The Kier molecular flexibility index (Phi) is 6.06. The molecule has 1 aromatic carbocycles. The topological polar surface area (TPSA) is 95.2 Å². The van der Waals surface area contributed by atoms with Crippen molar-refractivity contribution in [2.45, 2.75) is 16.6 Å². The number of amidine groups is 2. The molecule has 0 spiro atoms. The summed E-state index contributed by atoms with van der Waals surface area (Å²) in [5.74, 6) is 2.24. The summed E-state index contributed by atoms with van der Waals surface area (Å²) in [7, 11) is 0. The molecule has 0 fully saturated rings. The molecule has 7 nitrogen and oxygen atoms in total. The Balaban J connectivity index is 1.27. The molecular weight excluding hydrogens is 464 g/mol. The van der Waals surface area contributed by atoms with Crippen LogP contribution < -0.4 is 0 Å². The Hall–Kier alpha value is -2.95. The quantitative estimate of drug-likeness (QED) is 0.358. The number of rotatable bonds is 6. The van der Waals surface area contributed by atoms with Gasteiger partial charge in [0.25, 0.3) is 5.91 Å². The van der Waals surface area contributed by atoms with Crippen molar-refractivity contribution in [1.29, 1.82) is 5.41 Å². The summed E-state index contributed by atoms with van der Waals surface area (Å²) in [6.07, 6.45) is 3.17. The van der Waals surface area contributed by atoms with Crippen molar-refractivity contribution in [3.05, 3.63) is 83.5 Å². The van der Waals surface area contributed by atoms with Gasteiger partial charge in [-0.25, -0.2) is 0 Å². The van der Waals surface area contributed by atoms with E-state index in [9.17, 15) is 4.79 Å². The lowest BCUT2D eigenvalue weighted by molar-refractivity contribution is -0.114.